The highest BCUT2D eigenvalue weighted by Gasteiger charge is 2.53. The number of nitriles is 1. The van der Waals surface area contributed by atoms with Crippen LogP contribution in [0, 0.1) is 17.2 Å². The fourth-order valence-corrected chi connectivity index (χ4v) is 2.41. The van der Waals surface area contributed by atoms with Crippen LogP contribution in [0.5, 0.6) is 5.75 Å². The second kappa shape index (κ2) is 3.24. The van der Waals surface area contributed by atoms with E-state index >= 15 is 0 Å². The number of hydrogen-bond acceptors (Lipinski definition) is 3. The van der Waals surface area contributed by atoms with Gasteiger partial charge in [-0.25, -0.2) is 0 Å². The standard InChI is InChI=1S/C13H12N2O2/c1-8-5-13(8,7-14)9-2-3-11-10(4-9)15-12(16)6-17-11/h2-4,8H,5-6H2,1H3,(H,15,16). The number of hydrogen-bond donors (Lipinski definition) is 1. The Morgan fingerprint density at radius 2 is 2.35 bits per heavy atom. The molecule has 1 aromatic carbocycles. The van der Waals surface area contributed by atoms with Crippen LogP contribution in [0.1, 0.15) is 18.9 Å². The zero-order chi connectivity index (χ0) is 12.0. The molecule has 0 aromatic heterocycles. The summed E-state index contributed by atoms with van der Waals surface area (Å²) in [6, 6.07) is 7.99. The van der Waals surface area contributed by atoms with E-state index in [2.05, 4.69) is 18.3 Å². The first-order chi connectivity index (χ1) is 8.15. The van der Waals surface area contributed by atoms with E-state index in [0.717, 1.165) is 12.0 Å². The molecule has 1 N–H and O–H groups in total. The second-order valence-electron chi connectivity index (χ2n) is 4.74. The number of nitrogens with zero attached hydrogens (tertiary/aromatic N) is 1. The molecular weight excluding hydrogens is 216 g/mol. The number of rotatable bonds is 1. The van der Waals surface area contributed by atoms with Gasteiger partial charge in [-0.3, -0.25) is 4.79 Å². The van der Waals surface area contributed by atoms with Crippen LogP contribution in [0.15, 0.2) is 18.2 Å². The minimum atomic E-state index is -0.364. The third-order valence-electron chi connectivity index (χ3n) is 3.64. The van der Waals surface area contributed by atoms with Crippen molar-refractivity contribution in [3.63, 3.8) is 0 Å². The molecule has 0 radical (unpaired) electrons. The first-order valence-electron chi connectivity index (χ1n) is 5.64. The van der Waals surface area contributed by atoms with E-state index in [1.54, 1.807) is 0 Å². The molecule has 3 rings (SSSR count). The topological polar surface area (TPSA) is 62.1 Å². The van der Waals surface area contributed by atoms with E-state index in [1.807, 2.05) is 18.2 Å². The van der Waals surface area contributed by atoms with Crippen LogP contribution in [0.3, 0.4) is 0 Å². The number of ether oxygens (including phenoxy) is 1. The molecule has 1 aliphatic heterocycles. The van der Waals surface area contributed by atoms with E-state index in [-0.39, 0.29) is 17.9 Å². The molecule has 2 aliphatic rings. The molecule has 0 spiro atoms. The van der Waals surface area contributed by atoms with Crippen LogP contribution in [-0.4, -0.2) is 12.5 Å². The summed E-state index contributed by atoms with van der Waals surface area (Å²) in [5.74, 6) is 0.907. The van der Waals surface area contributed by atoms with E-state index < -0.39 is 0 Å². The third kappa shape index (κ3) is 1.39. The third-order valence-corrected chi connectivity index (χ3v) is 3.64. The Balaban J connectivity index is 2.02. The molecular formula is C13H12N2O2. The van der Waals surface area contributed by atoms with Gasteiger partial charge in [0.15, 0.2) is 6.61 Å². The molecule has 2 unspecified atom stereocenters. The number of nitrogens with one attached hydrogen (secondary N) is 1. The van der Waals surface area contributed by atoms with Crippen LogP contribution in [0.25, 0.3) is 0 Å². The van der Waals surface area contributed by atoms with Crippen molar-refractivity contribution in [1.82, 2.24) is 0 Å². The summed E-state index contributed by atoms with van der Waals surface area (Å²) in [7, 11) is 0. The van der Waals surface area contributed by atoms with Crippen LogP contribution in [0.2, 0.25) is 0 Å². The first kappa shape index (κ1) is 10.2. The molecule has 1 aromatic rings. The Bertz CT molecular complexity index is 547. The highest BCUT2D eigenvalue weighted by Crippen LogP contribution is 2.54. The largest absolute Gasteiger partial charge is 0.482 e. The Hall–Kier alpha value is -2.02. The maximum atomic E-state index is 11.2. The van der Waals surface area contributed by atoms with Gasteiger partial charge in [0, 0.05) is 0 Å². The van der Waals surface area contributed by atoms with Crippen molar-refractivity contribution in [2.45, 2.75) is 18.8 Å². The predicted octanol–water partition coefficient (Wildman–Crippen LogP) is 1.82. The highest BCUT2D eigenvalue weighted by molar-refractivity contribution is 5.95. The number of benzene rings is 1. The average Bonchev–Trinajstić information content (AvgIpc) is 3.00. The maximum absolute atomic E-state index is 11.2. The molecule has 2 atom stereocenters. The number of anilines is 1. The van der Waals surface area contributed by atoms with E-state index in [9.17, 15) is 10.1 Å². The minimum absolute atomic E-state index is 0.0616. The highest BCUT2D eigenvalue weighted by atomic mass is 16.5. The van der Waals surface area contributed by atoms with E-state index in [4.69, 9.17) is 4.74 Å². The summed E-state index contributed by atoms with van der Waals surface area (Å²) in [5.41, 5.74) is 1.28. The van der Waals surface area contributed by atoms with Gasteiger partial charge in [-0.05, 0) is 30.0 Å². The average molecular weight is 228 g/mol. The molecule has 17 heavy (non-hydrogen) atoms. The Morgan fingerprint density at radius 3 is 3.00 bits per heavy atom. The first-order valence-corrected chi connectivity index (χ1v) is 5.64. The minimum Gasteiger partial charge on any atom is -0.482 e. The summed E-state index contributed by atoms with van der Waals surface area (Å²) in [6.45, 7) is 2.13. The summed E-state index contributed by atoms with van der Waals surface area (Å²) in [4.78, 5) is 11.2. The lowest BCUT2D eigenvalue weighted by atomic mass is 9.94. The molecule has 4 heteroatoms. The van der Waals surface area contributed by atoms with Crippen molar-refractivity contribution in [2.75, 3.05) is 11.9 Å². The predicted molar refractivity (Wildman–Crippen MR) is 61.6 cm³/mol. The fourth-order valence-electron chi connectivity index (χ4n) is 2.41. The number of carbonyl (C=O) groups excluding carboxylic acids is 1. The number of carbonyl (C=O) groups is 1. The summed E-state index contributed by atoms with van der Waals surface area (Å²) >= 11 is 0. The van der Waals surface area contributed by atoms with Gasteiger partial charge in [-0.2, -0.15) is 5.26 Å². The van der Waals surface area contributed by atoms with Gasteiger partial charge in [0.1, 0.15) is 5.75 Å². The zero-order valence-electron chi connectivity index (χ0n) is 9.49. The quantitative estimate of drug-likeness (QED) is 0.797. The van der Waals surface area contributed by atoms with Gasteiger partial charge in [0.25, 0.3) is 5.91 Å². The molecule has 0 saturated heterocycles. The summed E-state index contributed by atoms with van der Waals surface area (Å²) < 4.78 is 5.29. The zero-order valence-corrected chi connectivity index (χ0v) is 9.49. The Kier molecular flexibility index (Phi) is 1.93. The van der Waals surface area contributed by atoms with E-state index in [0.29, 0.717) is 17.4 Å². The molecule has 4 nitrogen and oxygen atoms in total. The molecule has 1 saturated carbocycles. The van der Waals surface area contributed by atoms with Crippen LogP contribution in [-0.2, 0) is 10.2 Å². The summed E-state index contributed by atoms with van der Waals surface area (Å²) in [6.07, 6.45) is 0.886. The lowest BCUT2D eigenvalue weighted by Crippen LogP contribution is -2.25. The van der Waals surface area contributed by atoms with Gasteiger partial charge in [0.05, 0.1) is 17.2 Å². The summed E-state index contributed by atoms with van der Waals surface area (Å²) in [5, 5.41) is 12.0. The van der Waals surface area contributed by atoms with Gasteiger partial charge >= 0.3 is 0 Å². The number of amides is 1. The van der Waals surface area contributed by atoms with Crippen molar-refractivity contribution >= 4 is 11.6 Å². The van der Waals surface area contributed by atoms with Crippen molar-refractivity contribution in [3.05, 3.63) is 23.8 Å². The van der Waals surface area contributed by atoms with Crippen LogP contribution < -0.4 is 10.1 Å². The van der Waals surface area contributed by atoms with Crippen LogP contribution in [0.4, 0.5) is 5.69 Å². The maximum Gasteiger partial charge on any atom is 0.262 e. The molecule has 1 fully saturated rings. The second-order valence-corrected chi connectivity index (χ2v) is 4.74. The fraction of sp³-hybridized carbons (Fsp3) is 0.385. The van der Waals surface area contributed by atoms with Crippen molar-refractivity contribution < 1.29 is 9.53 Å². The van der Waals surface area contributed by atoms with Gasteiger partial charge in [0.2, 0.25) is 0 Å². The molecule has 1 amide bonds. The lowest BCUT2D eigenvalue weighted by Gasteiger charge is -2.19. The number of fused-ring (bicyclic) bond motifs is 1. The Morgan fingerprint density at radius 1 is 1.59 bits per heavy atom. The Labute approximate surface area is 99.2 Å². The van der Waals surface area contributed by atoms with Gasteiger partial charge < -0.3 is 10.1 Å². The van der Waals surface area contributed by atoms with Crippen molar-refractivity contribution in [2.24, 2.45) is 5.92 Å². The van der Waals surface area contributed by atoms with Gasteiger partial charge in [-0.1, -0.05) is 13.0 Å². The van der Waals surface area contributed by atoms with E-state index in [1.165, 1.54) is 0 Å². The molecule has 1 aliphatic carbocycles. The lowest BCUT2D eigenvalue weighted by molar-refractivity contribution is -0.118. The molecule has 1 heterocycles. The van der Waals surface area contributed by atoms with Gasteiger partial charge in [-0.15, -0.1) is 0 Å². The normalized spacial score (nSPS) is 29.6. The molecule has 0 bridgehead atoms. The van der Waals surface area contributed by atoms with Crippen molar-refractivity contribution in [1.29, 1.82) is 5.26 Å². The SMILES string of the molecule is CC1CC1(C#N)c1ccc2c(c1)NC(=O)CO2. The van der Waals surface area contributed by atoms with Crippen LogP contribution >= 0.6 is 0 Å². The van der Waals surface area contributed by atoms with Crippen molar-refractivity contribution in [3.8, 4) is 11.8 Å². The molecule has 86 valence electrons. The smallest absolute Gasteiger partial charge is 0.262 e. The monoisotopic (exact) mass is 228 g/mol.